The summed E-state index contributed by atoms with van der Waals surface area (Å²) in [6.07, 6.45) is -3.44. The number of hydrogen-bond acceptors (Lipinski definition) is 3. The third-order valence-corrected chi connectivity index (χ3v) is 4.84. The highest BCUT2D eigenvalue weighted by Crippen LogP contribution is 2.38. The molecule has 1 aromatic heterocycles. The number of carboxylic acids is 1. The van der Waals surface area contributed by atoms with Gasteiger partial charge in [-0.05, 0) is 36.2 Å². The van der Waals surface area contributed by atoms with Gasteiger partial charge in [-0.1, -0.05) is 36.2 Å². The lowest BCUT2D eigenvalue weighted by Crippen LogP contribution is -2.35. The van der Waals surface area contributed by atoms with Crippen LogP contribution in [0.2, 0.25) is 10.0 Å². The number of amides is 1. The van der Waals surface area contributed by atoms with Gasteiger partial charge in [-0.15, -0.1) is 0 Å². The van der Waals surface area contributed by atoms with Gasteiger partial charge in [0.1, 0.15) is 0 Å². The minimum absolute atomic E-state index is 0.0881. The highest BCUT2D eigenvalue weighted by Gasteiger charge is 2.45. The Hall–Kier alpha value is -2.32. The number of halogens is 5. The number of hydrogen-bond donors (Lipinski definition) is 2. The van der Waals surface area contributed by atoms with Crippen molar-refractivity contribution in [2.24, 2.45) is 5.92 Å². The van der Waals surface area contributed by atoms with Crippen molar-refractivity contribution in [3.8, 4) is 0 Å². The highest BCUT2D eigenvalue weighted by molar-refractivity contribution is 6.33. The Labute approximate surface area is 174 Å². The van der Waals surface area contributed by atoms with Crippen LogP contribution in [0.15, 0.2) is 36.5 Å². The van der Waals surface area contributed by atoms with Crippen molar-refractivity contribution < 1.29 is 27.9 Å². The first-order valence-corrected chi connectivity index (χ1v) is 9.24. The molecular formula is C19H17Cl2F3N2O3. The van der Waals surface area contributed by atoms with Crippen LogP contribution in [-0.2, 0) is 16.0 Å². The molecule has 0 saturated heterocycles. The fourth-order valence-corrected chi connectivity index (χ4v) is 2.94. The number of rotatable bonds is 7. The highest BCUT2D eigenvalue weighted by atomic mass is 35.5. The van der Waals surface area contributed by atoms with E-state index in [0.717, 1.165) is 6.92 Å². The summed E-state index contributed by atoms with van der Waals surface area (Å²) in [6.45, 7) is 0.894. The van der Waals surface area contributed by atoms with E-state index in [9.17, 15) is 22.8 Å². The molecule has 5 nitrogen and oxygen atoms in total. The molecule has 156 valence electrons. The normalized spacial score (nSPS) is 13.6. The van der Waals surface area contributed by atoms with Gasteiger partial charge >= 0.3 is 12.1 Å². The van der Waals surface area contributed by atoms with Crippen LogP contribution in [0.25, 0.3) is 0 Å². The number of anilines is 1. The minimum Gasteiger partial charge on any atom is -0.481 e. The average molecular weight is 449 g/mol. The van der Waals surface area contributed by atoms with Crippen LogP contribution >= 0.6 is 23.2 Å². The van der Waals surface area contributed by atoms with Gasteiger partial charge in [-0.2, -0.15) is 13.2 Å². The van der Waals surface area contributed by atoms with Crippen molar-refractivity contribution in [2.75, 3.05) is 5.32 Å². The van der Waals surface area contributed by atoms with Crippen molar-refractivity contribution in [2.45, 2.75) is 31.9 Å². The first-order chi connectivity index (χ1) is 13.5. The van der Waals surface area contributed by atoms with Crippen LogP contribution in [0.1, 0.15) is 30.5 Å². The molecule has 2 rings (SSSR count). The van der Waals surface area contributed by atoms with Crippen LogP contribution in [0.4, 0.5) is 18.9 Å². The Bertz CT molecular complexity index is 889. The summed E-state index contributed by atoms with van der Waals surface area (Å²) in [4.78, 5) is 27.4. The number of nitrogens with zero attached hydrogens (tertiary/aromatic N) is 1. The summed E-state index contributed by atoms with van der Waals surface area (Å²) < 4.78 is 40.1. The molecule has 0 bridgehead atoms. The molecule has 0 fully saturated rings. The van der Waals surface area contributed by atoms with Gasteiger partial charge in [0.25, 0.3) is 0 Å². The molecule has 1 aromatic carbocycles. The Kier molecular flexibility index (Phi) is 7.48. The van der Waals surface area contributed by atoms with Gasteiger partial charge in [0.2, 0.25) is 5.91 Å². The van der Waals surface area contributed by atoms with E-state index in [1.165, 1.54) is 30.5 Å². The van der Waals surface area contributed by atoms with Crippen LogP contribution < -0.4 is 5.32 Å². The summed E-state index contributed by atoms with van der Waals surface area (Å²) in [5.41, 5.74) is 0.569. The molecule has 0 aliphatic heterocycles. The molecule has 29 heavy (non-hydrogen) atoms. The monoisotopic (exact) mass is 448 g/mol. The molecule has 0 radical (unpaired) electrons. The first-order valence-electron chi connectivity index (χ1n) is 8.48. The summed E-state index contributed by atoms with van der Waals surface area (Å²) in [6, 6.07) is 7.08. The van der Waals surface area contributed by atoms with E-state index >= 15 is 0 Å². The van der Waals surface area contributed by atoms with Gasteiger partial charge in [0, 0.05) is 12.6 Å². The van der Waals surface area contributed by atoms with Crippen LogP contribution in [-0.4, -0.2) is 28.1 Å². The van der Waals surface area contributed by atoms with Crippen molar-refractivity contribution in [3.63, 3.8) is 0 Å². The third-order valence-electron chi connectivity index (χ3n) is 4.28. The molecule has 2 N–H and O–H groups in total. The van der Waals surface area contributed by atoms with Crippen LogP contribution in [0.3, 0.4) is 0 Å². The quantitative estimate of drug-likeness (QED) is 0.599. The SMILES string of the molecule is C[C@H](C(C(=O)Nc1cc(CCC(=O)O)ccc1Cl)c1ccc(Cl)cn1)C(F)(F)F. The average Bonchev–Trinajstić information content (AvgIpc) is 2.63. The number of nitrogens with one attached hydrogen (secondary N) is 1. The molecule has 1 amide bonds. The maximum Gasteiger partial charge on any atom is 0.392 e. The van der Waals surface area contributed by atoms with E-state index in [-0.39, 0.29) is 34.3 Å². The number of aryl methyl sites for hydroxylation is 1. The Balaban J connectivity index is 2.33. The molecule has 2 atom stereocenters. The number of benzene rings is 1. The second-order valence-corrected chi connectivity index (χ2v) is 7.25. The summed E-state index contributed by atoms with van der Waals surface area (Å²) >= 11 is 11.8. The van der Waals surface area contributed by atoms with Crippen molar-refractivity contribution in [1.82, 2.24) is 4.98 Å². The van der Waals surface area contributed by atoms with Gasteiger partial charge in [-0.3, -0.25) is 14.6 Å². The number of carbonyl (C=O) groups is 2. The van der Waals surface area contributed by atoms with Gasteiger partial charge in [-0.25, -0.2) is 0 Å². The van der Waals surface area contributed by atoms with Gasteiger partial charge < -0.3 is 10.4 Å². The predicted molar refractivity (Wildman–Crippen MR) is 103 cm³/mol. The molecule has 10 heteroatoms. The van der Waals surface area contributed by atoms with E-state index in [2.05, 4.69) is 10.3 Å². The lowest BCUT2D eigenvalue weighted by molar-refractivity contribution is -0.178. The zero-order valence-corrected chi connectivity index (χ0v) is 16.6. The van der Waals surface area contributed by atoms with E-state index in [1.807, 2.05) is 0 Å². The molecule has 1 heterocycles. The molecule has 0 aliphatic rings. The lowest BCUT2D eigenvalue weighted by Gasteiger charge is -2.25. The van der Waals surface area contributed by atoms with Crippen molar-refractivity contribution >= 4 is 40.8 Å². The largest absolute Gasteiger partial charge is 0.481 e. The third kappa shape index (κ3) is 6.33. The summed E-state index contributed by atoms with van der Waals surface area (Å²) in [5.74, 6) is -5.60. The zero-order chi connectivity index (χ0) is 21.8. The molecule has 0 spiro atoms. The minimum atomic E-state index is -4.64. The maximum absolute atomic E-state index is 13.4. The maximum atomic E-state index is 13.4. The van der Waals surface area contributed by atoms with E-state index in [0.29, 0.717) is 5.56 Å². The molecule has 0 aliphatic carbocycles. The molecule has 2 aromatic rings. The molecule has 0 saturated carbocycles. The van der Waals surface area contributed by atoms with E-state index in [1.54, 1.807) is 6.07 Å². The predicted octanol–water partition coefficient (Wildman–Crippen LogP) is 5.33. The standard InChI is InChI=1S/C19H17Cl2F3N2O3/c1-10(19(22,23)24)17(14-6-4-12(20)9-25-14)18(29)26-15-8-11(2-5-13(15)21)3-7-16(27)28/h2,4-6,8-10,17H,3,7H2,1H3,(H,26,29)(H,27,28)/t10-,17?/m1/s1. The number of alkyl halides is 3. The van der Waals surface area contributed by atoms with Crippen LogP contribution in [0, 0.1) is 5.92 Å². The molecular weight excluding hydrogens is 432 g/mol. The zero-order valence-electron chi connectivity index (χ0n) is 15.1. The smallest absolute Gasteiger partial charge is 0.392 e. The number of aromatic nitrogens is 1. The van der Waals surface area contributed by atoms with Gasteiger partial charge in [0.15, 0.2) is 0 Å². The lowest BCUT2D eigenvalue weighted by atomic mass is 9.89. The number of aliphatic carboxylic acids is 1. The van der Waals surface area contributed by atoms with Crippen molar-refractivity contribution in [3.05, 3.63) is 57.8 Å². The van der Waals surface area contributed by atoms with E-state index < -0.39 is 29.9 Å². The first kappa shape index (κ1) is 23.0. The second-order valence-electron chi connectivity index (χ2n) is 6.41. The van der Waals surface area contributed by atoms with Gasteiger partial charge in [0.05, 0.1) is 33.3 Å². The topological polar surface area (TPSA) is 79.3 Å². The molecule has 1 unspecified atom stereocenters. The second kappa shape index (κ2) is 9.45. The summed E-state index contributed by atoms with van der Waals surface area (Å²) in [5, 5.41) is 11.5. The Morgan fingerprint density at radius 1 is 1.21 bits per heavy atom. The van der Waals surface area contributed by atoms with E-state index in [4.69, 9.17) is 28.3 Å². The van der Waals surface area contributed by atoms with Crippen LogP contribution in [0.5, 0.6) is 0 Å². The Morgan fingerprint density at radius 3 is 2.45 bits per heavy atom. The summed E-state index contributed by atoms with van der Waals surface area (Å²) in [7, 11) is 0. The fourth-order valence-electron chi connectivity index (χ4n) is 2.66. The number of pyridine rings is 1. The fraction of sp³-hybridized carbons (Fsp3) is 0.316. The number of carboxylic acid groups (broad SMARTS) is 1. The Morgan fingerprint density at radius 2 is 1.90 bits per heavy atom. The number of carbonyl (C=O) groups excluding carboxylic acids is 1. The van der Waals surface area contributed by atoms with Crippen molar-refractivity contribution in [1.29, 1.82) is 0 Å².